The fraction of sp³-hybridized carbons (Fsp3) is 0.0588. The summed E-state index contributed by atoms with van der Waals surface area (Å²) in [4.78, 5) is 23.7. The molecular formula is C17H11F3N2O3. The first-order valence-electron chi connectivity index (χ1n) is 7.04. The molecule has 2 aromatic carbocycles. The number of hydrogen-bond acceptors (Lipinski definition) is 3. The van der Waals surface area contributed by atoms with Crippen molar-refractivity contribution < 1.29 is 23.1 Å². The third kappa shape index (κ3) is 2.61. The molecule has 0 unspecified atom stereocenters. The first-order valence-corrected chi connectivity index (χ1v) is 7.04. The Bertz CT molecular complexity index is 1110. The number of hydrogen-bond donors (Lipinski definition) is 2. The summed E-state index contributed by atoms with van der Waals surface area (Å²) in [5.74, 6) is -4.24. The Balaban J connectivity index is 2.52. The topological polar surface area (TPSA) is 85.3 Å². The number of nitrogens with two attached hydrogens (primary N) is 1. The van der Waals surface area contributed by atoms with Gasteiger partial charge in [-0.1, -0.05) is 0 Å². The van der Waals surface area contributed by atoms with Gasteiger partial charge in [0.2, 0.25) is 5.43 Å². The molecule has 0 atom stereocenters. The van der Waals surface area contributed by atoms with Crippen LogP contribution in [0.1, 0.15) is 15.9 Å². The van der Waals surface area contributed by atoms with Crippen molar-refractivity contribution >= 4 is 22.6 Å². The molecule has 128 valence electrons. The Morgan fingerprint density at radius 3 is 2.40 bits per heavy atom. The summed E-state index contributed by atoms with van der Waals surface area (Å²) in [5, 5.41) is 9.11. The summed E-state index contributed by atoms with van der Waals surface area (Å²) < 4.78 is 42.6. The van der Waals surface area contributed by atoms with Crippen molar-refractivity contribution in [2.45, 2.75) is 6.92 Å². The summed E-state index contributed by atoms with van der Waals surface area (Å²) in [6.45, 7) is 1.41. The highest BCUT2D eigenvalue weighted by atomic mass is 19.1. The lowest BCUT2D eigenvalue weighted by atomic mass is 10.1. The van der Waals surface area contributed by atoms with Crippen molar-refractivity contribution in [3.05, 3.63) is 69.3 Å². The van der Waals surface area contributed by atoms with Crippen molar-refractivity contribution in [2.24, 2.45) is 0 Å². The van der Waals surface area contributed by atoms with E-state index in [1.165, 1.54) is 13.0 Å². The average Bonchev–Trinajstić information content (AvgIpc) is 2.53. The lowest BCUT2D eigenvalue weighted by molar-refractivity contribution is 0.0695. The molecule has 25 heavy (non-hydrogen) atoms. The number of aromatic nitrogens is 1. The number of nitrogen functional groups attached to an aromatic ring is 1. The number of carbonyl (C=O) groups is 1. The predicted molar refractivity (Wildman–Crippen MR) is 85.5 cm³/mol. The Hall–Kier alpha value is -3.29. The van der Waals surface area contributed by atoms with Crippen LogP contribution in [0, 0.1) is 24.4 Å². The summed E-state index contributed by atoms with van der Waals surface area (Å²) in [6, 6.07) is 3.63. The molecule has 0 fully saturated rings. The van der Waals surface area contributed by atoms with Crippen molar-refractivity contribution in [3.8, 4) is 5.69 Å². The molecule has 0 amide bonds. The molecule has 0 saturated carbocycles. The molecule has 1 aromatic heterocycles. The van der Waals surface area contributed by atoms with Gasteiger partial charge in [-0.05, 0) is 30.7 Å². The van der Waals surface area contributed by atoms with Crippen LogP contribution in [0.15, 0.2) is 35.3 Å². The zero-order valence-electron chi connectivity index (χ0n) is 12.8. The lowest BCUT2D eigenvalue weighted by Crippen LogP contribution is -2.19. The van der Waals surface area contributed by atoms with Crippen LogP contribution in [0.3, 0.4) is 0 Å². The number of benzene rings is 2. The van der Waals surface area contributed by atoms with Gasteiger partial charge in [-0.2, -0.15) is 0 Å². The number of fused-ring (bicyclic) bond motifs is 1. The van der Waals surface area contributed by atoms with Gasteiger partial charge in [0, 0.05) is 17.6 Å². The number of aryl methyl sites for hydroxylation is 1. The Kier molecular flexibility index (Phi) is 3.75. The normalized spacial score (nSPS) is 11.0. The summed E-state index contributed by atoms with van der Waals surface area (Å²) in [6.07, 6.45) is 0.859. The fourth-order valence-electron chi connectivity index (χ4n) is 2.54. The molecule has 0 aliphatic rings. The number of nitrogens with zero attached hydrogens (tertiary/aromatic N) is 1. The monoisotopic (exact) mass is 348 g/mol. The maximum absolute atomic E-state index is 14.2. The Labute approximate surface area is 138 Å². The Morgan fingerprint density at radius 1 is 1.08 bits per heavy atom. The van der Waals surface area contributed by atoms with E-state index in [1.54, 1.807) is 0 Å². The molecule has 1 heterocycles. The largest absolute Gasteiger partial charge is 0.477 e. The van der Waals surface area contributed by atoms with Crippen molar-refractivity contribution in [1.29, 1.82) is 0 Å². The Morgan fingerprint density at radius 2 is 1.76 bits per heavy atom. The maximum atomic E-state index is 14.2. The highest BCUT2D eigenvalue weighted by Crippen LogP contribution is 2.25. The molecule has 0 bridgehead atoms. The first kappa shape index (κ1) is 16.6. The third-order valence-electron chi connectivity index (χ3n) is 3.84. The number of pyridine rings is 1. The van der Waals surface area contributed by atoms with Gasteiger partial charge in [-0.15, -0.1) is 0 Å². The standard InChI is InChI=1S/C17H11F3N2O3/c1-7-2-8-14(4-10(7)18)22(6-9(16(8)23)17(24)25)15-5-13(21)11(19)3-12(15)20/h2-6H,21H2,1H3,(H,24,25). The molecule has 0 saturated heterocycles. The molecule has 5 nitrogen and oxygen atoms in total. The summed E-state index contributed by atoms with van der Waals surface area (Å²) >= 11 is 0. The van der Waals surface area contributed by atoms with E-state index in [0.29, 0.717) is 6.07 Å². The van der Waals surface area contributed by atoms with Crippen LogP contribution in [0.2, 0.25) is 0 Å². The zero-order valence-corrected chi connectivity index (χ0v) is 12.8. The number of rotatable bonds is 2. The molecule has 0 radical (unpaired) electrons. The van der Waals surface area contributed by atoms with Crippen molar-refractivity contribution in [1.82, 2.24) is 4.57 Å². The second-order valence-electron chi connectivity index (χ2n) is 5.49. The lowest BCUT2D eigenvalue weighted by Gasteiger charge is -2.15. The number of aromatic carboxylic acids is 1. The molecule has 3 N–H and O–H groups in total. The van der Waals surface area contributed by atoms with E-state index in [-0.39, 0.29) is 27.8 Å². The van der Waals surface area contributed by atoms with Gasteiger partial charge in [0.1, 0.15) is 23.0 Å². The minimum Gasteiger partial charge on any atom is -0.477 e. The predicted octanol–water partition coefficient (Wildman–Crippen LogP) is 3.00. The van der Waals surface area contributed by atoms with E-state index in [2.05, 4.69) is 0 Å². The van der Waals surface area contributed by atoms with Crippen molar-refractivity contribution in [2.75, 3.05) is 5.73 Å². The highest BCUT2D eigenvalue weighted by molar-refractivity contribution is 5.93. The smallest absolute Gasteiger partial charge is 0.341 e. The van der Waals surface area contributed by atoms with Crippen LogP contribution in [-0.4, -0.2) is 15.6 Å². The number of carboxylic acid groups (broad SMARTS) is 1. The second kappa shape index (κ2) is 5.66. The van der Waals surface area contributed by atoms with Crippen molar-refractivity contribution in [3.63, 3.8) is 0 Å². The molecule has 3 aromatic rings. The number of halogens is 3. The van der Waals surface area contributed by atoms with E-state index in [0.717, 1.165) is 22.9 Å². The van der Waals surface area contributed by atoms with Gasteiger partial charge in [0.05, 0.1) is 16.9 Å². The molecule has 3 rings (SSSR count). The van der Waals surface area contributed by atoms with Crippen LogP contribution in [0.5, 0.6) is 0 Å². The zero-order chi connectivity index (χ0) is 18.5. The van der Waals surface area contributed by atoms with E-state index in [4.69, 9.17) is 5.73 Å². The molecule has 8 heteroatoms. The third-order valence-corrected chi connectivity index (χ3v) is 3.84. The first-order chi connectivity index (χ1) is 11.7. The molecular weight excluding hydrogens is 337 g/mol. The van der Waals surface area contributed by atoms with E-state index < -0.39 is 34.4 Å². The van der Waals surface area contributed by atoms with Crippen LogP contribution in [0.25, 0.3) is 16.6 Å². The molecule has 0 spiro atoms. The quantitative estimate of drug-likeness (QED) is 0.697. The fourth-order valence-corrected chi connectivity index (χ4v) is 2.54. The molecule has 0 aliphatic heterocycles. The SMILES string of the molecule is Cc1cc2c(=O)c(C(=O)O)cn(-c3cc(N)c(F)cc3F)c2cc1F. The van der Waals surface area contributed by atoms with Gasteiger partial charge in [0.25, 0.3) is 0 Å². The average molecular weight is 348 g/mol. The van der Waals surface area contributed by atoms with Gasteiger partial charge in [0.15, 0.2) is 0 Å². The van der Waals surface area contributed by atoms with Gasteiger partial charge in [-0.3, -0.25) is 4.79 Å². The van der Waals surface area contributed by atoms with Crippen LogP contribution in [-0.2, 0) is 0 Å². The van der Waals surface area contributed by atoms with Gasteiger partial charge in [-0.25, -0.2) is 18.0 Å². The van der Waals surface area contributed by atoms with Gasteiger partial charge >= 0.3 is 5.97 Å². The summed E-state index contributed by atoms with van der Waals surface area (Å²) in [5.41, 5.74) is 3.34. The molecule has 0 aliphatic carbocycles. The number of carboxylic acids is 1. The van der Waals surface area contributed by atoms with Crippen LogP contribution < -0.4 is 11.2 Å². The van der Waals surface area contributed by atoms with E-state index >= 15 is 0 Å². The van der Waals surface area contributed by atoms with E-state index in [1.807, 2.05) is 0 Å². The van der Waals surface area contributed by atoms with Gasteiger partial charge < -0.3 is 15.4 Å². The van der Waals surface area contributed by atoms with E-state index in [9.17, 15) is 27.9 Å². The van der Waals surface area contributed by atoms with Crippen LogP contribution >= 0.6 is 0 Å². The maximum Gasteiger partial charge on any atom is 0.341 e. The van der Waals surface area contributed by atoms with Crippen LogP contribution in [0.4, 0.5) is 18.9 Å². The minimum atomic E-state index is -1.53. The highest BCUT2D eigenvalue weighted by Gasteiger charge is 2.19. The number of anilines is 1. The summed E-state index contributed by atoms with van der Waals surface area (Å²) in [7, 11) is 0. The minimum absolute atomic E-state index is 0.0667. The second-order valence-corrected chi connectivity index (χ2v) is 5.49.